The molecule has 0 amide bonds. The molecule has 2 aromatic rings. The van der Waals surface area contributed by atoms with Crippen LogP contribution in [0, 0.1) is 18.7 Å². The second-order valence-electron chi connectivity index (χ2n) is 9.66. The summed E-state index contributed by atoms with van der Waals surface area (Å²) in [5, 5.41) is 9.92. The third-order valence-corrected chi connectivity index (χ3v) is 8.74. The molecule has 4 nitrogen and oxygen atoms in total. The van der Waals surface area contributed by atoms with Gasteiger partial charge in [-0.15, -0.1) is 0 Å². The van der Waals surface area contributed by atoms with Crippen LogP contribution < -0.4 is 0 Å². The fourth-order valence-corrected chi connectivity index (χ4v) is 6.74. The second-order valence-corrected chi connectivity index (χ2v) is 11.0. The molecule has 2 aliphatic carbocycles. The first-order chi connectivity index (χ1) is 16.2. The van der Waals surface area contributed by atoms with Crippen molar-refractivity contribution in [1.82, 2.24) is 4.90 Å². The minimum atomic E-state index is -1.42. The number of hydrogen-bond acceptors (Lipinski definition) is 3. The topological polar surface area (TPSA) is 57.6 Å². The molecule has 0 aliphatic heterocycles. The summed E-state index contributed by atoms with van der Waals surface area (Å²) in [6, 6.07) is 11.3. The van der Waals surface area contributed by atoms with Crippen molar-refractivity contribution in [3.05, 3.63) is 70.0 Å². The van der Waals surface area contributed by atoms with Crippen LogP contribution in [-0.4, -0.2) is 46.1 Å². The number of allylic oxidation sites excluding steroid dienone is 2. The molecule has 34 heavy (non-hydrogen) atoms. The van der Waals surface area contributed by atoms with Crippen LogP contribution in [-0.2, 0) is 21.0 Å². The van der Waals surface area contributed by atoms with Crippen molar-refractivity contribution in [2.75, 3.05) is 25.9 Å². The van der Waals surface area contributed by atoms with Gasteiger partial charge in [-0.2, -0.15) is 0 Å². The summed E-state index contributed by atoms with van der Waals surface area (Å²) < 4.78 is 26.9. The van der Waals surface area contributed by atoms with E-state index in [1.54, 1.807) is 6.07 Å². The van der Waals surface area contributed by atoms with Gasteiger partial charge < -0.3 is 10.0 Å². The van der Waals surface area contributed by atoms with Crippen molar-refractivity contribution in [1.29, 1.82) is 0 Å². The molecule has 0 heterocycles. The predicted molar refractivity (Wildman–Crippen MR) is 135 cm³/mol. The maximum atomic E-state index is 14.9. The van der Waals surface area contributed by atoms with Crippen molar-refractivity contribution >= 4 is 22.3 Å². The summed E-state index contributed by atoms with van der Waals surface area (Å²) in [5.74, 6) is -1.25. The quantitative estimate of drug-likeness (QED) is 0.484. The average molecular weight is 484 g/mol. The Bertz CT molecular complexity index is 1190. The van der Waals surface area contributed by atoms with Gasteiger partial charge in [-0.25, -0.2) is 4.39 Å². The SMILES string of the molecule is CCN(CC)CCC(C)C1=C2C(c3cc(F)c(S(C)=O)cc3C)C2(CC(=O)O)c2ccccc21. The zero-order valence-electron chi connectivity index (χ0n) is 20.7. The molecule has 4 atom stereocenters. The highest BCUT2D eigenvalue weighted by Gasteiger charge is 2.67. The van der Waals surface area contributed by atoms with Gasteiger partial charge in [0.1, 0.15) is 5.82 Å². The second kappa shape index (κ2) is 9.38. The molecule has 0 aromatic heterocycles. The number of carboxylic acids is 1. The Balaban J connectivity index is 1.85. The maximum Gasteiger partial charge on any atom is 0.304 e. The van der Waals surface area contributed by atoms with Crippen LogP contribution >= 0.6 is 0 Å². The van der Waals surface area contributed by atoms with Crippen LogP contribution in [0.5, 0.6) is 0 Å². The van der Waals surface area contributed by atoms with E-state index in [1.807, 2.05) is 25.1 Å². The van der Waals surface area contributed by atoms with E-state index in [0.717, 1.165) is 53.9 Å². The first kappa shape index (κ1) is 24.8. The molecule has 1 saturated carbocycles. The van der Waals surface area contributed by atoms with E-state index in [2.05, 4.69) is 31.7 Å². The molecule has 2 aromatic carbocycles. The van der Waals surface area contributed by atoms with E-state index < -0.39 is 28.0 Å². The predicted octanol–water partition coefficient (Wildman–Crippen LogP) is 5.52. The third-order valence-electron chi connectivity index (χ3n) is 7.80. The van der Waals surface area contributed by atoms with E-state index >= 15 is 0 Å². The summed E-state index contributed by atoms with van der Waals surface area (Å²) >= 11 is 0. The lowest BCUT2D eigenvalue weighted by Gasteiger charge is -2.24. The zero-order valence-corrected chi connectivity index (χ0v) is 21.5. The Morgan fingerprint density at radius 1 is 1.24 bits per heavy atom. The summed E-state index contributed by atoms with van der Waals surface area (Å²) in [6.07, 6.45) is 2.44. The van der Waals surface area contributed by atoms with Crippen LogP contribution in [0.1, 0.15) is 61.8 Å². The van der Waals surface area contributed by atoms with Crippen molar-refractivity contribution in [2.45, 2.75) is 56.8 Å². The lowest BCUT2D eigenvalue weighted by molar-refractivity contribution is -0.137. The van der Waals surface area contributed by atoms with Crippen molar-refractivity contribution < 1.29 is 18.5 Å². The summed E-state index contributed by atoms with van der Waals surface area (Å²) in [5.41, 5.74) is 5.59. The Hall–Kier alpha value is -2.31. The minimum Gasteiger partial charge on any atom is -0.481 e. The molecule has 4 rings (SSSR count). The molecule has 1 fully saturated rings. The Labute approximate surface area is 204 Å². The first-order valence-corrected chi connectivity index (χ1v) is 13.6. The number of rotatable bonds is 10. The van der Waals surface area contributed by atoms with Gasteiger partial charge in [0, 0.05) is 17.6 Å². The fraction of sp³-hybridized carbons (Fsp3) is 0.464. The normalized spacial score (nSPS) is 22.5. The highest BCUT2D eigenvalue weighted by Crippen LogP contribution is 2.75. The highest BCUT2D eigenvalue weighted by atomic mass is 32.2. The van der Waals surface area contributed by atoms with Gasteiger partial charge in [0.15, 0.2) is 0 Å². The lowest BCUT2D eigenvalue weighted by Crippen LogP contribution is -2.25. The van der Waals surface area contributed by atoms with Gasteiger partial charge >= 0.3 is 5.97 Å². The molecule has 4 unspecified atom stereocenters. The Kier molecular flexibility index (Phi) is 6.85. The largest absolute Gasteiger partial charge is 0.481 e. The Morgan fingerprint density at radius 2 is 1.91 bits per heavy atom. The van der Waals surface area contributed by atoms with Gasteiger partial charge in [-0.05, 0) is 84.4 Å². The van der Waals surface area contributed by atoms with Gasteiger partial charge in [-0.3, -0.25) is 9.00 Å². The molecule has 182 valence electrons. The van der Waals surface area contributed by atoms with Crippen LogP contribution in [0.4, 0.5) is 4.39 Å². The van der Waals surface area contributed by atoms with E-state index in [0.29, 0.717) is 0 Å². The number of carbonyl (C=O) groups is 1. The van der Waals surface area contributed by atoms with Crippen LogP contribution in [0.25, 0.3) is 5.57 Å². The molecule has 2 aliphatic rings. The highest BCUT2D eigenvalue weighted by molar-refractivity contribution is 7.84. The van der Waals surface area contributed by atoms with Crippen molar-refractivity contribution in [3.8, 4) is 0 Å². The van der Waals surface area contributed by atoms with Gasteiger partial charge in [0.05, 0.1) is 22.1 Å². The number of benzene rings is 2. The number of nitrogens with zero attached hydrogens (tertiary/aromatic N) is 1. The van der Waals surface area contributed by atoms with E-state index in [-0.39, 0.29) is 23.2 Å². The lowest BCUT2D eigenvalue weighted by atomic mass is 9.82. The van der Waals surface area contributed by atoms with Crippen LogP contribution in [0.15, 0.2) is 46.9 Å². The maximum absolute atomic E-state index is 14.9. The molecule has 0 spiro atoms. The van der Waals surface area contributed by atoms with E-state index in [9.17, 15) is 18.5 Å². The monoisotopic (exact) mass is 483 g/mol. The molecule has 0 bridgehead atoms. The van der Waals surface area contributed by atoms with Crippen molar-refractivity contribution in [3.63, 3.8) is 0 Å². The standard InChI is InChI=1S/C28H34FNO3S/c1-6-30(7-2)13-12-17(3)25-19-10-8-9-11-21(19)28(16-24(31)32)26(27(25)28)20-15-22(29)23(34(5)33)14-18(20)4/h8-11,14-15,17,26H,6-7,12-13,16H2,1-5H3,(H,31,32). The molecule has 0 saturated heterocycles. The number of aliphatic carboxylic acids is 1. The third kappa shape index (κ3) is 3.95. The number of aryl methyl sites for hydroxylation is 1. The van der Waals surface area contributed by atoms with Gasteiger partial charge in [0.25, 0.3) is 0 Å². The van der Waals surface area contributed by atoms with E-state index in [4.69, 9.17) is 0 Å². The summed E-state index contributed by atoms with van der Waals surface area (Å²) in [6.45, 7) is 11.4. The van der Waals surface area contributed by atoms with Crippen LogP contribution in [0.2, 0.25) is 0 Å². The number of hydrogen-bond donors (Lipinski definition) is 1. The Morgan fingerprint density at radius 3 is 2.53 bits per heavy atom. The van der Waals surface area contributed by atoms with E-state index in [1.165, 1.54) is 17.9 Å². The number of fused-ring (bicyclic) bond motifs is 3. The summed E-state index contributed by atoms with van der Waals surface area (Å²) in [4.78, 5) is 14.7. The number of carboxylic acid groups (broad SMARTS) is 1. The summed E-state index contributed by atoms with van der Waals surface area (Å²) in [7, 11) is -1.42. The minimum absolute atomic E-state index is 0.0151. The first-order valence-electron chi connectivity index (χ1n) is 12.1. The van der Waals surface area contributed by atoms with Gasteiger partial charge in [-0.1, -0.05) is 45.0 Å². The smallest absolute Gasteiger partial charge is 0.304 e. The molecule has 1 N–H and O–H groups in total. The van der Waals surface area contributed by atoms with Crippen molar-refractivity contribution in [2.24, 2.45) is 5.92 Å². The van der Waals surface area contributed by atoms with Crippen LogP contribution in [0.3, 0.4) is 0 Å². The fourth-order valence-electron chi connectivity index (χ4n) is 6.07. The zero-order chi connectivity index (χ0) is 24.8. The average Bonchev–Trinajstić information content (AvgIpc) is 3.33. The molecule has 0 radical (unpaired) electrons. The molecular formula is C28H34FNO3S. The molecular weight excluding hydrogens is 449 g/mol. The van der Waals surface area contributed by atoms with Gasteiger partial charge in [0.2, 0.25) is 0 Å². The molecule has 6 heteroatoms. The number of halogens is 1.